The molecule has 0 unspecified atom stereocenters. The largest absolute Gasteiger partial charge is 0.497 e. The Bertz CT molecular complexity index is 1040. The Morgan fingerprint density at radius 3 is 2.93 bits per heavy atom. The van der Waals surface area contributed by atoms with E-state index in [1.807, 2.05) is 23.1 Å². The van der Waals surface area contributed by atoms with Crippen LogP contribution in [0.2, 0.25) is 0 Å². The fourth-order valence-corrected chi connectivity index (χ4v) is 2.88. The lowest BCUT2D eigenvalue weighted by Gasteiger charge is -2.06. The number of anilines is 1. The quantitative estimate of drug-likeness (QED) is 0.656. The average Bonchev–Trinajstić information content (AvgIpc) is 3.45. The second-order valence-corrected chi connectivity index (χ2v) is 6.57. The zero-order chi connectivity index (χ0) is 19.5. The van der Waals surface area contributed by atoms with Crippen LogP contribution in [0.1, 0.15) is 24.4 Å². The van der Waals surface area contributed by atoms with Gasteiger partial charge in [-0.05, 0) is 42.7 Å². The number of methoxy groups -OCH3 is 1. The van der Waals surface area contributed by atoms with Gasteiger partial charge in [0.15, 0.2) is 0 Å². The summed E-state index contributed by atoms with van der Waals surface area (Å²) in [5.41, 5.74) is 2.77. The molecule has 0 radical (unpaired) electrons. The lowest BCUT2D eigenvalue weighted by molar-refractivity contribution is -0.111. The number of halogens is 1. The molecule has 0 atom stereocenters. The molecule has 2 aromatic heterocycles. The highest BCUT2D eigenvalue weighted by Gasteiger charge is 2.24. The maximum absolute atomic E-state index is 14.0. The molecule has 1 fully saturated rings. The lowest BCUT2D eigenvalue weighted by atomic mass is 10.0. The van der Waals surface area contributed by atoms with Gasteiger partial charge in [-0.25, -0.2) is 4.39 Å². The first-order valence-corrected chi connectivity index (χ1v) is 8.95. The molecule has 1 amide bonds. The molecular weight excluding hydrogens is 359 g/mol. The molecule has 28 heavy (non-hydrogen) atoms. The molecule has 0 bridgehead atoms. The van der Waals surface area contributed by atoms with Crippen molar-refractivity contribution in [1.29, 1.82) is 0 Å². The fraction of sp³-hybridized carbons (Fsp3) is 0.190. The monoisotopic (exact) mass is 378 g/mol. The standard InChI is InChI=1S/C21H19FN4O2/c1-28-17-5-6-20(19(22)10-17)25-21(27)7-2-14-11-23-9-8-18(14)15-12-24-26(13-15)16-3-4-16/h2,5-13,16H,3-4H2,1H3,(H,25,27)/b7-2+. The molecule has 1 aliphatic rings. The number of carbonyl (C=O) groups is 1. The molecule has 7 heteroatoms. The number of rotatable bonds is 6. The van der Waals surface area contributed by atoms with Crippen LogP contribution in [0.15, 0.2) is 55.1 Å². The van der Waals surface area contributed by atoms with Crippen molar-refractivity contribution < 1.29 is 13.9 Å². The van der Waals surface area contributed by atoms with E-state index < -0.39 is 11.7 Å². The van der Waals surface area contributed by atoms with Crippen molar-refractivity contribution >= 4 is 17.7 Å². The number of hydrogen-bond acceptors (Lipinski definition) is 4. The minimum Gasteiger partial charge on any atom is -0.497 e. The van der Waals surface area contributed by atoms with Gasteiger partial charge in [0.2, 0.25) is 5.91 Å². The molecule has 1 aliphatic carbocycles. The van der Waals surface area contributed by atoms with Crippen molar-refractivity contribution in [2.75, 3.05) is 12.4 Å². The van der Waals surface area contributed by atoms with Crippen LogP contribution in [-0.4, -0.2) is 27.8 Å². The number of pyridine rings is 1. The Balaban J connectivity index is 1.50. The summed E-state index contributed by atoms with van der Waals surface area (Å²) in [5.74, 6) is -0.610. The van der Waals surface area contributed by atoms with Gasteiger partial charge in [0, 0.05) is 41.9 Å². The maximum Gasteiger partial charge on any atom is 0.248 e. The summed E-state index contributed by atoms with van der Waals surface area (Å²) in [6.07, 6.45) is 12.5. The maximum atomic E-state index is 14.0. The molecule has 0 spiro atoms. The smallest absolute Gasteiger partial charge is 0.248 e. The predicted molar refractivity (Wildman–Crippen MR) is 104 cm³/mol. The predicted octanol–water partition coefficient (Wildman–Crippen LogP) is 4.08. The summed E-state index contributed by atoms with van der Waals surface area (Å²) in [4.78, 5) is 16.3. The minimum atomic E-state index is -0.560. The number of benzene rings is 1. The summed E-state index contributed by atoms with van der Waals surface area (Å²) in [6, 6.07) is 6.64. The summed E-state index contributed by atoms with van der Waals surface area (Å²) in [6.45, 7) is 0. The highest BCUT2D eigenvalue weighted by Crippen LogP contribution is 2.35. The van der Waals surface area contributed by atoms with Crippen LogP contribution in [-0.2, 0) is 4.79 Å². The van der Waals surface area contributed by atoms with Crippen molar-refractivity contribution in [3.05, 3.63) is 66.5 Å². The van der Waals surface area contributed by atoms with Gasteiger partial charge in [0.25, 0.3) is 0 Å². The van der Waals surface area contributed by atoms with Crippen molar-refractivity contribution in [1.82, 2.24) is 14.8 Å². The van der Waals surface area contributed by atoms with E-state index in [9.17, 15) is 9.18 Å². The van der Waals surface area contributed by atoms with Crippen molar-refractivity contribution in [2.24, 2.45) is 0 Å². The number of carbonyl (C=O) groups excluding carboxylic acids is 1. The van der Waals surface area contributed by atoms with Crippen molar-refractivity contribution in [3.8, 4) is 16.9 Å². The van der Waals surface area contributed by atoms with Gasteiger partial charge < -0.3 is 10.1 Å². The lowest BCUT2D eigenvalue weighted by Crippen LogP contribution is -2.09. The number of amides is 1. The number of aromatic nitrogens is 3. The first-order valence-electron chi connectivity index (χ1n) is 8.95. The van der Waals surface area contributed by atoms with E-state index in [4.69, 9.17) is 4.74 Å². The van der Waals surface area contributed by atoms with Gasteiger partial charge in [-0.1, -0.05) is 0 Å². The van der Waals surface area contributed by atoms with Gasteiger partial charge in [0.1, 0.15) is 11.6 Å². The Labute approximate surface area is 161 Å². The van der Waals surface area contributed by atoms with E-state index in [2.05, 4.69) is 15.4 Å². The molecule has 3 aromatic rings. The molecule has 1 saturated carbocycles. The molecule has 1 aromatic carbocycles. The van der Waals surface area contributed by atoms with Crippen LogP contribution in [0.4, 0.5) is 10.1 Å². The van der Waals surface area contributed by atoms with Crippen molar-refractivity contribution in [3.63, 3.8) is 0 Å². The highest BCUT2D eigenvalue weighted by molar-refractivity contribution is 6.02. The van der Waals surface area contributed by atoms with Crippen molar-refractivity contribution in [2.45, 2.75) is 18.9 Å². The van der Waals surface area contributed by atoms with E-state index in [0.717, 1.165) is 29.5 Å². The number of nitrogens with zero attached hydrogens (tertiary/aromatic N) is 3. The summed E-state index contributed by atoms with van der Waals surface area (Å²) in [5, 5.41) is 6.94. The molecule has 0 saturated heterocycles. The minimum absolute atomic E-state index is 0.0903. The van der Waals surface area contributed by atoms with E-state index in [1.54, 1.807) is 24.5 Å². The van der Waals surface area contributed by atoms with Gasteiger partial charge in [-0.15, -0.1) is 0 Å². The van der Waals surface area contributed by atoms with Crippen LogP contribution in [0.3, 0.4) is 0 Å². The van der Waals surface area contributed by atoms with Gasteiger partial charge >= 0.3 is 0 Å². The van der Waals surface area contributed by atoms with E-state index >= 15 is 0 Å². The van der Waals surface area contributed by atoms with Crippen LogP contribution in [0.25, 0.3) is 17.2 Å². The number of hydrogen-bond donors (Lipinski definition) is 1. The molecular formula is C21H19FN4O2. The average molecular weight is 378 g/mol. The zero-order valence-corrected chi connectivity index (χ0v) is 15.3. The Kier molecular flexibility index (Phi) is 4.89. The Morgan fingerprint density at radius 2 is 2.18 bits per heavy atom. The fourth-order valence-electron chi connectivity index (χ4n) is 2.88. The van der Waals surface area contributed by atoms with Gasteiger partial charge in [-0.2, -0.15) is 5.10 Å². The second kappa shape index (κ2) is 7.64. The third kappa shape index (κ3) is 3.93. The molecule has 4 rings (SSSR count). The summed E-state index contributed by atoms with van der Waals surface area (Å²) >= 11 is 0. The molecule has 2 heterocycles. The molecule has 6 nitrogen and oxygen atoms in total. The van der Waals surface area contributed by atoms with Crippen LogP contribution in [0, 0.1) is 5.82 Å². The van der Waals surface area contributed by atoms with E-state index in [0.29, 0.717) is 11.8 Å². The first-order chi connectivity index (χ1) is 13.6. The molecule has 0 aliphatic heterocycles. The second-order valence-electron chi connectivity index (χ2n) is 6.57. The SMILES string of the molecule is COc1ccc(NC(=O)/C=C/c2cnccc2-c2cnn(C3CC3)c2)c(F)c1. The first kappa shape index (κ1) is 17.9. The van der Waals surface area contributed by atoms with Gasteiger partial charge in [0.05, 0.1) is 25.0 Å². The van der Waals surface area contributed by atoms with E-state index in [1.165, 1.54) is 25.3 Å². The highest BCUT2D eigenvalue weighted by atomic mass is 19.1. The van der Waals surface area contributed by atoms with E-state index in [-0.39, 0.29) is 5.69 Å². The van der Waals surface area contributed by atoms with Gasteiger partial charge in [-0.3, -0.25) is 14.5 Å². The number of ether oxygens (including phenoxy) is 1. The van der Waals surface area contributed by atoms with Crippen LogP contribution in [0.5, 0.6) is 5.75 Å². The van der Waals surface area contributed by atoms with Crippen LogP contribution < -0.4 is 10.1 Å². The Hall–Kier alpha value is -3.48. The molecule has 142 valence electrons. The van der Waals surface area contributed by atoms with Crippen LogP contribution >= 0.6 is 0 Å². The molecule has 1 N–H and O–H groups in total. The summed E-state index contributed by atoms with van der Waals surface area (Å²) < 4.78 is 20.9. The third-order valence-electron chi connectivity index (χ3n) is 4.53. The Morgan fingerprint density at radius 1 is 1.32 bits per heavy atom. The zero-order valence-electron chi connectivity index (χ0n) is 15.3. The normalized spacial score (nSPS) is 13.6. The topological polar surface area (TPSA) is 69.0 Å². The third-order valence-corrected chi connectivity index (χ3v) is 4.53. The number of nitrogens with one attached hydrogen (secondary N) is 1. The summed E-state index contributed by atoms with van der Waals surface area (Å²) in [7, 11) is 1.45.